The summed E-state index contributed by atoms with van der Waals surface area (Å²) in [7, 11) is 0. The number of nitrogens with two attached hydrogens (primary N) is 1. The highest BCUT2D eigenvalue weighted by Gasteiger charge is 2.33. The van der Waals surface area contributed by atoms with Crippen molar-refractivity contribution in [2.24, 2.45) is 10.7 Å². The maximum Gasteiger partial charge on any atom is 0.192 e. The third-order valence-electron chi connectivity index (χ3n) is 4.57. The summed E-state index contributed by atoms with van der Waals surface area (Å²) < 4.78 is 26.6. The fourth-order valence-corrected chi connectivity index (χ4v) is 3.47. The second-order valence-corrected chi connectivity index (χ2v) is 5.94. The number of hydrogen-bond acceptors (Lipinski definition) is 3. The Balaban J connectivity index is 1.85. The van der Waals surface area contributed by atoms with Crippen molar-refractivity contribution in [1.29, 1.82) is 0 Å². The van der Waals surface area contributed by atoms with E-state index in [1.165, 1.54) is 37.8 Å². The summed E-state index contributed by atoms with van der Waals surface area (Å²) in [6.07, 6.45) is 7.10. The van der Waals surface area contributed by atoms with Gasteiger partial charge in [0.15, 0.2) is 17.6 Å². The first-order chi connectivity index (χ1) is 10.2. The van der Waals surface area contributed by atoms with Gasteiger partial charge >= 0.3 is 0 Å². The average molecular weight is 293 g/mol. The first-order valence-electron chi connectivity index (χ1n) is 7.70. The van der Waals surface area contributed by atoms with E-state index in [9.17, 15) is 8.78 Å². The monoisotopic (exact) mass is 293 g/mol. The van der Waals surface area contributed by atoms with Crippen molar-refractivity contribution >= 4 is 5.96 Å². The molecule has 1 aliphatic carbocycles. The molecule has 21 heavy (non-hydrogen) atoms. The highest BCUT2D eigenvalue weighted by molar-refractivity contribution is 5.80. The third-order valence-corrected chi connectivity index (χ3v) is 4.57. The fourth-order valence-electron chi connectivity index (χ4n) is 3.47. The van der Waals surface area contributed by atoms with E-state index in [1.54, 1.807) is 6.07 Å². The van der Waals surface area contributed by atoms with Crippen molar-refractivity contribution in [3.8, 4) is 0 Å². The minimum absolute atomic E-state index is 0.0665. The normalized spacial score (nSPS) is 24.0. The molecular weight excluding hydrogens is 272 g/mol. The summed E-state index contributed by atoms with van der Waals surface area (Å²) in [5.41, 5.74) is 6.82. The molecule has 2 aliphatic rings. The van der Waals surface area contributed by atoms with Gasteiger partial charge in [-0.2, -0.15) is 0 Å². The van der Waals surface area contributed by atoms with Crippen molar-refractivity contribution in [3.05, 3.63) is 35.4 Å². The molecule has 1 heterocycles. The zero-order chi connectivity index (χ0) is 14.8. The van der Waals surface area contributed by atoms with Crippen LogP contribution < -0.4 is 5.73 Å². The molecule has 0 saturated heterocycles. The molecule has 114 valence electrons. The summed E-state index contributed by atoms with van der Waals surface area (Å²) >= 11 is 0. The second-order valence-electron chi connectivity index (χ2n) is 5.94. The van der Waals surface area contributed by atoms with Gasteiger partial charge in [0.1, 0.15) is 0 Å². The largest absolute Gasteiger partial charge is 0.370 e. The lowest BCUT2D eigenvalue weighted by molar-refractivity contribution is 0.237. The van der Waals surface area contributed by atoms with Crippen molar-refractivity contribution in [2.45, 2.75) is 50.6 Å². The summed E-state index contributed by atoms with van der Waals surface area (Å²) in [6, 6.07) is 4.39. The molecule has 0 bridgehead atoms. The fraction of sp³-hybridized carbons (Fsp3) is 0.562. The van der Waals surface area contributed by atoms with Crippen LogP contribution in [0.1, 0.15) is 50.1 Å². The van der Waals surface area contributed by atoms with Gasteiger partial charge in [0.2, 0.25) is 0 Å². The van der Waals surface area contributed by atoms with Crippen LogP contribution in [0, 0.1) is 11.6 Å². The number of guanidine groups is 1. The Morgan fingerprint density at radius 1 is 1.05 bits per heavy atom. The molecule has 1 unspecified atom stereocenters. The van der Waals surface area contributed by atoms with Gasteiger partial charge in [-0.3, -0.25) is 4.99 Å². The lowest BCUT2D eigenvalue weighted by Gasteiger charge is -2.34. The number of nitrogens with zero attached hydrogens (tertiary/aromatic N) is 2. The molecule has 0 spiro atoms. The number of hydrogen-bond donors (Lipinski definition) is 1. The van der Waals surface area contributed by atoms with Crippen molar-refractivity contribution in [1.82, 2.24) is 4.90 Å². The van der Waals surface area contributed by atoms with E-state index in [1.807, 2.05) is 0 Å². The van der Waals surface area contributed by atoms with Crippen molar-refractivity contribution in [3.63, 3.8) is 0 Å². The van der Waals surface area contributed by atoms with E-state index in [4.69, 9.17) is 5.73 Å². The molecule has 1 saturated carbocycles. The van der Waals surface area contributed by atoms with Crippen LogP contribution in [0.25, 0.3) is 0 Å². The second kappa shape index (κ2) is 6.00. The van der Waals surface area contributed by atoms with Crippen LogP contribution in [0.3, 0.4) is 0 Å². The van der Waals surface area contributed by atoms with Gasteiger partial charge in [0.25, 0.3) is 0 Å². The Labute approximate surface area is 123 Å². The Morgan fingerprint density at radius 3 is 2.43 bits per heavy atom. The maximum absolute atomic E-state index is 13.5. The third kappa shape index (κ3) is 2.87. The lowest BCUT2D eigenvalue weighted by Crippen LogP contribution is -2.43. The number of aliphatic imine (C=N–C) groups is 1. The Hall–Kier alpha value is -1.65. The first-order valence-corrected chi connectivity index (χ1v) is 7.70. The van der Waals surface area contributed by atoms with E-state index >= 15 is 0 Å². The summed E-state index contributed by atoms with van der Waals surface area (Å²) in [6.45, 7) is 0.521. The summed E-state index contributed by atoms with van der Waals surface area (Å²) in [5.74, 6) is -1.08. The lowest BCUT2D eigenvalue weighted by atomic mass is 10.0. The molecule has 3 rings (SSSR count). The van der Waals surface area contributed by atoms with Crippen LogP contribution in [0.15, 0.2) is 23.2 Å². The molecule has 0 radical (unpaired) electrons. The zero-order valence-electron chi connectivity index (χ0n) is 12.1. The molecule has 1 aromatic rings. The maximum atomic E-state index is 13.5. The molecule has 0 amide bonds. The van der Waals surface area contributed by atoms with E-state index in [0.29, 0.717) is 18.5 Å². The summed E-state index contributed by atoms with van der Waals surface area (Å²) in [4.78, 5) is 6.46. The summed E-state index contributed by atoms with van der Waals surface area (Å²) in [5, 5.41) is 0. The molecule has 3 nitrogen and oxygen atoms in total. The smallest absolute Gasteiger partial charge is 0.192 e. The molecular formula is C16H21F2N3. The predicted molar refractivity (Wildman–Crippen MR) is 78.9 cm³/mol. The molecule has 1 atom stereocenters. The van der Waals surface area contributed by atoms with Gasteiger partial charge in [0.05, 0.1) is 12.6 Å². The molecule has 2 N–H and O–H groups in total. The Kier molecular flexibility index (Phi) is 4.08. The predicted octanol–water partition coefficient (Wildman–Crippen LogP) is 3.36. The van der Waals surface area contributed by atoms with Gasteiger partial charge in [-0.05, 0) is 30.5 Å². The van der Waals surface area contributed by atoms with Crippen LogP contribution in [0.4, 0.5) is 8.78 Å². The standard InChI is InChI=1S/C16H21F2N3/c17-13-8-7-11(9-14(13)18)15-10-20-16(19)21(15)12-5-3-1-2-4-6-12/h7-9,12,15H,1-6,10H2,(H2,19,20). The number of benzene rings is 1. The zero-order valence-corrected chi connectivity index (χ0v) is 12.1. The first kappa shape index (κ1) is 14.3. The molecule has 1 fully saturated rings. The van der Waals surface area contributed by atoms with Crippen LogP contribution in [-0.4, -0.2) is 23.4 Å². The van der Waals surface area contributed by atoms with E-state index in [-0.39, 0.29) is 6.04 Å². The van der Waals surface area contributed by atoms with E-state index < -0.39 is 11.6 Å². The number of rotatable bonds is 2. The molecule has 0 aromatic heterocycles. The quantitative estimate of drug-likeness (QED) is 0.850. The van der Waals surface area contributed by atoms with Gasteiger partial charge in [-0.25, -0.2) is 8.78 Å². The van der Waals surface area contributed by atoms with Crippen molar-refractivity contribution < 1.29 is 8.78 Å². The highest BCUT2D eigenvalue weighted by atomic mass is 19.2. The van der Waals surface area contributed by atoms with Gasteiger partial charge in [-0.1, -0.05) is 31.7 Å². The average Bonchev–Trinajstić information content (AvgIpc) is 2.69. The number of halogens is 2. The van der Waals surface area contributed by atoms with Crippen LogP contribution in [0.2, 0.25) is 0 Å². The minimum Gasteiger partial charge on any atom is -0.370 e. The Bertz CT molecular complexity index is 536. The molecule has 1 aliphatic heterocycles. The van der Waals surface area contributed by atoms with Crippen molar-refractivity contribution in [2.75, 3.05) is 6.54 Å². The van der Waals surface area contributed by atoms with E-state index in [2.05, 4.69) is 9.89 Å². The van der Waals surface area contributed by atoms with Gasteiger partial charge in [-0.15, -0.1) is 0 Å². The molecule has 5 heteroatoms. The van der Waals surface area contributed by atoms with E-state index in [0.717, 1.165) is 18.4 Å². The SMILES string of the molecule is NC1=NCC(c2ccc(F)c(F)c2)N1C1CCCCCC1. The Morgan fingerprint density at radius 2 is 1.76 bits per heavy atom. The molecule has 1 aromatic carbocycles. The van der Waals surface area contributed by atoms with Gasteiger partial charge < -0.3 is 10.6 Å². The highest BCUT2D eigenvalue weighted by Crippen LogP contribution is 2.33. The minimum atomic E-state index is -0.813. The van der Waals surface area contributed by atoms with Crippen LogP contribution in [0.5, 0.6) is 0 Å². The van der Waals surface area contributed by atoms with Gasteiger partial charge in [0, 0.05) is 6.04 Å². The van der Waals surface area contributed by atoms with Crippen LogP contribution >= 0.6 is 0 Å². The van der Waals surface area contributed by atoms with Crippen LogP contribution in [-0.2, 0) is 0 Å². The topological polar surface area (TPSA) is 41.6 Å².